The third-order valence-corrected chi connectivity index (χ3v) is 11.5. The van der Waals surface area contributed by atoms with Crippen LogP contribution in [0.2, 0.25) is 0 Å². The molecule has 0 saturated heterocycles. The van der Waals surface area contributed by atoms with Gasteiger partial charge in [0.15, 0.2) is 17.5 Å². The summed E-state index contributed by atoms with van der Waals surface area (Å²) in [5.41, 5.74) is 8.86. The number of hydrogen-bond donors (Lipinski definition) is 0. The summed E-state index contributed by atoms with van der Waals surface area (Å²) < 4.78 is 9.36. The zero-order chi connectivity index (χ0) is 35.6. The van der Waals surface area contributed by atoms with Crippen LogP contribution < -0.4 is 0 Å². The van der Waals surface area contributed by atoms with Crippen LogP contribution in [0.5, 0.6) is 0 Å². The van der Waals surface area contributed by atoms with E-state index in [4.69, 9.17) is 19.4 Å². The van der Waals surface area contributed by atoms with E-state index in [0.29, 0.717) is 17.5 Å². The molecule has 3 heterocycles. The van der Waals surface area contributed by atoms with Crippen molar-refractivity contribution < 1.29 is 4.42 Å². The average molecular weight is 708 g/mol. The first kappa shape index (κ1) is 30.7. The molecule has 0 fully saturated rings. The quantitative estimate of drug-likeness (QED) is 0.179. The molecule has 11 aromatic rings. The molecule has 54 heavy (non-hydrogen) atoms. The van der Waals surface area contributed by atoms with E-state index < -0.39 is 0 Å². The van der Waals surface area contributed by atoms with Crippen LogP contribution in [-0.4, -0.2) is 15.0 Å². The Hall–Kier alpha value is -6.95. The molecule has 0 unspecified atom stereocenters. The topological polar surface area (TPSA) is 51.8 Å². The van der Waals surface area contributed by atoms with Crippen molar-refractivity contribution >= 4 is 64.2 Å². The SMILES string of the molecule is c1ccc(-c2cccc(-c3nc(-c4ccc5c(c4)sc4ccccc45)nc(-c4cccc5c4oc4c6ccccc6c(-c6ccccc6)cc54)n3)c2)cc1. The molecule has 0 aliphatic rings. The van der Waals surface area contributed by atoms with Gasteiger partial charge in [-0.25, -0.2) is 15.0 Å². The summed E-state index contributed by atoms with van der Waals surface area (Å²) in [7, 11) is 0. The second kappa shape index (κ2) is 12.3. The predicted octanol–water partition coefficient (Wildman–Crippen LogP) is 13.6. The maximum absolute atomic E-state index is 6.90. The molecule has 0 aliphatic carbocycles. The number of para-hydroxylation sites is 1. The van der Waals surface area contributed by atoms with Crippen LogP contribution in [0, 0.1) is 0 Å². The molecule has 0 radical (unpaired) electrons. The first-order valence-electron chi connectivity index (χ1n) is 18.0. The monoisotopic (exact) mass is 707 g/mol. The van der Waals surface area contributed by atoms with Crippen LogP contribution in [0.3, 0.4) is 0 Å². The fraction of sp³-hybridized carbons (Fsp3) is 0. The largest absolute Gasteiger partial charge is 0.455 e. The maximum atomic E-state index is 6.90. The van der Waals surface area contributed by atoms with E-state index >= 15 is 0 Å². The summed E-state index contributed by atoms with van der Waals surface area (Å²) in [5, 5.41) is 6.80. The lowest BCUT2D eigenvalue weighted by atomic mass is 9.95. The van der Waals surface area contributed by atoms with Gasteiger partial charge < -0.3 is 4.42 Å². The van der Waals surface area contributed by atoms with Gasteiger partial charge in [-0.05, 0) is 58.0 Å². The van der Waals surface area contributed by atoms with Gasteiger partial charge in [0.2, 0.25) is 0 Å². The van der Waals surface area contributed by atoms with Crippen LogP contribution in [0.25, 0.3) is 109 Å². The third-order valence-electron chi connectivity index (χ3n) is 10.3. The minimum absolute atomic E-state index is 0.564. The molecule has 0 aliphatic heterocycles. The van der Waals surface area contributed by atoms with Gasteiger partial charge in [0, 0.05) is 47.5 Å². The van der Waals surface area contributed by atoms with Gasteiger partial charge in [-0.15, -0.1) is 11.3 Å². The summed E-state index contributed by atoms with van der Waals surface area (Å²) in [6, 6.07) is 61.5. The fourth-order valence-corrected chi connectivity index (χ4v) is 8.89. The number of rotatable bonds is 5. The summed E-state index contributed by atoms with van der Waals surface area (Å²) in [5.74, 6) is 1.78. The highest BCUT2D eigenvalue weighted by molar-refractivity contribution is 7.25. The molecule has 5 heteroatoms. The molecular formula is C49H29N3OS. The van der Waals surface area contributed by atoms with E-state index in [1.165, 1.54) is 31.3 Å². The molecular weight excluding hydrogens is 679 g/mol. The van der Waals surface area contributed by atoms with Gasteiger partial charge in [-0.3, -0.25) is 0 Å². The Morgan fingerprint density at radius 3 is 1.70 bits per heavy atom. The Balaban J connectivity index is 1.15. The first-order valence-corrected chi connectivity index (χ1v) is 18.8. The van der Waals surface area contributed by atoms with Crippen molar-refractivity contribution in [2.45, 2.75) is 0 Å². The highest BCUT2D eigenvalue weighted by Gasteiger charge is 2.21. The number of fused-ring (bicyclic) bond motifs is 8. The average Bonchev–Trinajstić information content (AvgIpc) is 3.82. The summed E-state index contributed by atoms with van der Waals surface area (Å²) in [4.78, 5) is 15.6. The molecule has 4 nitrogen and oxygen atoms in total. The molecule has 0 saturated carbocycles. The zero-order valence-electron chi connectivity index (χ0n) is 28.9. The van der Waals surface area contributed by atoms with Crippen molar-refractivity contribution in [2.75, 3.05) is 0 Å². The van der Waals surface area contributed by atoms with E-state index in [9.17, 15) is 0 Å². The Kier molecular flexibility index (Phi) is 7.00. The zero-order valence-corrected chi connectivity index (χ0v) is 29.7. The number of benzene rings is 8. The Labute approximate surface area is 314 Å². The van der Waals surface area contributed by atoms with Gasteiger partial charge in [-0.1, -0.05) is 146 Å². The second-order valence-electron chi connectivity index (χ2n) is 13.6. The standard InChI is InChI=1S/C49H29N3OS/c1-3-13-30(14-4-1)32-17-11-18-33(27-32)47-50-48(34-25-26-37-36-20-9-10-24-43(36)54-44(37)28-34)52-49(51-47)40-23-12-22-39-42-29-41(31-15-5-2-6-16-31)35-19-7-8-21-38(35)46(42)53-45(39)40/h1-29H. The molecule has 11 rings (SSSR count). The third kappa shape index (κ3) is 5.01. The van der Waals surface area contributed by atoms with Gasteiger partial charge in [0.25, 0.3) is 0 Å². The molecule has 0 spiro atoms. The number of hydrogen-bond acceptors (Lipinski definition) is 5. The molecule has 0 amide bonds. The number of nitrogens with zero attached hydrogens (tertiary/aromatic N) is 3. The summed E-state index contributed by atoms with van der Waals surface area (Å²) in [6.45, 7) is 0. The summed E-state index contributed by atoms with van der Waals surface area (Å²) in [6.07, 6.45) is 0. The van der Waals surface area contributed by atoms with Crippen LogP contribution in [0.15, 0.2) is 180 Å². The van der Waals surface area contributed by atoms with Crippen LogP contribution in [0.1, 0.15) is 0 Å². The van der Waals surface area contributed by atoms with Crippen molar-refractivity contribution in [2.24, 2.45) is 0 Å². The van der Waals surface area contributed by atoms with Crippen LogP contribution in [-0.2, 0) is 0 Å². The Morgan fingerprint density at radius 1 is 0.315 bits per heavy atom. The Morgan fingerprint density at radius 2 is 0.889 bits per heavy atom. The van der Waals surface area contributed by atoms with Crippen LogP contribution in [0.4, 0.5) is 0 Å². The Bertz CT molecular complexity index is 3220. The molecule has 0 N–H and O–H groups in total. The predicted molar refractivity (Wildman–Crippen MR) is 225 cm³/mol. The number of thiophene rings is 1. The molecule has 252 valence electrons. The van der Waals surface area contributed by atoms with Gasteiger partial charge in [0.1, 0.15) is 11.2 Å². The molecule has 8 aromatic carbocycles. The number of furan rings is 1. The van der Waals surface area contributed by atoms with E-state index in [2.05, 4.69) is 170 Å². The van der Waals surface area contributed by atoms with E-state index in [1.54, 1.807) is 11.3 Å². The molecule has 0 bridgehead atoms. The van der Waals surface area contributed by atoms with Crippen molar-refractivity contribution in [1.82, 2.24) is 15.0 Å². The van der Waals surface area contributed by atoms with E-state index in [1.807, 2.05) is 6.07 Å². The van der Waals surface area contributed by atoms with E-state index in [0.717, 1.165) is 60.5 Å². The first-order chi connectivity index (χ1) is 26.7. The van der Waals surface area contributed by atoms with Crippen molar-refractivity contribution in [3.63, 3.8) is 0 Å². The lowest BCUT2D eigenvalue weighted by Gasteiger charge is -2.10. The number of aromatic nitrogens is 3. The smallest absolute Gasteiger partial charge is 0.167 e. The summed E-state index contributed by atoms with van der Waals surface area (Å²) >= 11 is 1.79. The lowest BCUT2D eigenvalue weighted by molar-refractivity contribution is 0.673. The molecule has 3 aromatic heterocycles. The van der Waals surface area contributed by atoms with Gasteiger partial charge in [-0.2, -0.15) is 0 Å². The van der Waals surface area contributed by atoms with Crippen molar-refractivity contribution in [1.29, 1.82) is 0 Å². The highest BCUT2D eigenvalue weighted by atomic mass is 32.1. The highest BCUT2D eigenvalue weighted by Crippen LogP contribution is 2.43. The van der Waals surface area contributed by atoms with Gasteiger partial charge >= 0.3 is 0 Å². The lowest BCUT2D eigenvalue weighted by Crippen LogP contribution is -2.00. The van der Waals surface area contributed by atoms with Crippen molar-refractivity contribution in [3.8, 4) is 56.4 Å². The second-order valence-corrected chi connectivity index (χ2v) is 14.6. The fourth-order valence-electron chi connectivity index (χ4n) is 7.74. The molecule has 0 atom stereocenters. The van der Waals surface area contributed by atoms with Gasteiger partial charge in [0.05, 0.1) is 5.56 Å². The minimum Gasteiger partial charge on any atom is -0.455 e. The minimum atomic E-state index is 0.564. The van der Waals surface area contributed by atoms with E-state index in [-0.39, 0.29) is 0 Å². The van der Waals surface area contributed by atoms with Crippen LogP contribution >= 0.6 is 11.3 Å². The van der Waals surface area contributed by atoms with Crippen molar-refractivity contribution in [3.05, 3.63) is 176 Å². The normalized spacial score (nSPS) is 11.7. The maximum Gasteiger partial charge on any atom is 0.167 e.